The fourth-order valence-corrected chi connectivity index (χ4v) is 2.97. The standard InChI is InChI=1S/C18H18FNO2/c1-12(21)17-9-16(19)8-15(18(17)22)11-20-7-6-13-4-2-3-5-14(13)10-20/h2-5,8-9,22H,6-7,10-11H2,1H3. The molecule has 3 nitrogen and oxygen atoms in total. The van der Waals surface area contributed by atoms with E-state index in [4.69, 9.17) is 0 Å². The molecule has 0 saturated heterocycles. The zero-order chi connectivity index (χ0) is 15.7. The molecule has 0 aliphatic carbocycles. The van der Waals surface area contributed by atoms with Gasteiger partial charge in [-0.15, -0.1) is 0 Å². The van der Waals surface area contributed by atoms with E-state index in [0.29, 0.717) is 12.1 Å². The van der Waals surface area contributed by atoms with Crippen molar-refractivity contribution < 1.29 is 14.3 Å². The Morgan fingerprint density at radius 2 is 2.00 bits per heavy atom. The number of hydrogen-bond acceptors (Lipinski definition) is 3. The summed E-state index contributed by atoms with van der Waals surface area (Å²) < 4.78 is 13.7. The van der Waals surface area contributed by atoms with Crippen LogP contribution in [0.3, 0.4) is 0 Å². The van der Waals surface area contributed by atoms with Gasteiger partial charge < -0.3 is 5.11 Å². The van der Waals surface area contributed by atoms with Crippen LogP contribution in [0.15, 0.2) is 36.4 Å². The van der Waals surface area contributed by atoms with Crippen molar-refractivity contribution in [2.24, 2.45) is 0 Å². The van der Waals surface area contributed by atoms with Crippen molar-refractivity contribution in [3.05, 3.63) is 64.5 Å². The molecule has 0 unspecified atom stereocenters. The largest absolute Gasteiger partial charge is 0.507 e. The molecule has 0 saturated carbocycles. The summed E-state index contributed by atoms with van der Waals surface area (Å²) in [6.45, 7) is 3.37. The highest BCUT2D eigenvalue weighted by molar-refractivity contribution is 5.97. The Hall–Kier alpha value is -2.20. The van der Waals surface area contributed by atoms with E-state index in [-0.39, 0.29) is 17.1 Å². The first-order valence-electron chi connectivity index (χ1n) is 7.36. The summed E-state index contributed by atoms with van der Waals surface area (Å²) >= 11 is 0. The van der Waals surface area contributed by atoms with Crippen LogP contribution < -0.4 is 0 Å². The number of hydrogen-bond donors (Lipinski definition) is 1. The van der Waals surface area contributed by atoms with Gasteiger partial charge in [0.2, 0.25) is 0 Å². The SMILES string of the molecule is CC(=O)c1cc(F)cc(CN2CCc3ccccc3C2)c1O. The molecule has 0 spiro atoms. The van der Waals surface area contributed by atoms with E-state index in [2.05, 4.69) is 17.0 Å². The third-order valence-corrected chi connectivity index (χ3v) is 4.14. The van der Waals surface area contributed by atoms with E-state index in [0.717, 1.165) is 25.6 Å². The lowest BCUT2D eigenvalue weighted by Gasteiger charge is -2.29. The number of aromatic hydroxyl groups is 1. The van der Waals surface area contributed by atoms with Crippen LogP contribution in [0, 0.1) is 5.82 Å². The average Bonchev–Trinajstić information content (AvgIpc) is 2.50. The maximum Gasteiger partial charge on any atom is 0.163 e. The minimum absolute atomic E-state index is 0.0485. The van der Waals surface area contributed by atoms with Crippen LogP contribution in [0.5, 0.6) is 5.75 Å². The van der Waals surface area contributed by atoms with Crippen LogP contribution in [0.2, 0.25) is 0 Å². The van der Waals surface area contributed by atoms with Crippen LogP contribution in [0.4, 0.5) is 4.39 Å². The molecule has 114 valence electrons. The minimum Gasteiger partial charge on any atom is -0.507 e. The predicted octanol–water partition coefficient (Wildman–Crippen LogP) is 3.29. The fourth-order valence-electron chi connectivity index (χ4n) is 2.97. The van der Waals surface area contributed by atoms with Gasteiger partial charge in [0.1, 0.15) is 11.6 Å². The highest BCUT2D eigenvalue weighted by Gasteiger charge is 2.19. The molecule has 0 radical (unpaired) electrons. The fraction of sp³-hybridized carbons (Fsp3) is 0.278. The first-order valence-corrected chi connectivity index (χ1v) is 7.36. The summed E-state index contributed by atoms with van der Waals surface area (Å²) in [7, 11) is 0. The number of rotatable bonds is 3. The number of phenols is 1. The number of Topliss-reactive ketones (excluding diaryl/α,β-unsaturated/α-hetero) is 1. The molecule has 0 aromatic heterocycles. The van der Waals surface area contributed by atoms with Gasteiger partial charge in [0.15, 0.2) is 5.78 Å². The van der Waals surface area contributed by atoms with Gasteiger partial charge in [-0.05, 0) is 36.6 Å². The molecule has 0 bridgehead atoms. The first-order chi connectivity index (χ1) is 10.5. The topological polar surface area (TPSA) is 40.5 Å². The molecule has 0 atom stereocenters. The van der Waals surface area contributed by atoms with Crippen LogP contribution in [0.1, 0.15) is 34.0 Å². The van der Waals surface area contributed by atoms with Crippen LogP contribution >= 0.6 is 0 Å². The monoisotopic (exact) mass is 299 g/mol. The van der Waals surface area contributed by atoms with Crippen molar-refractivity contribution in [1.29, 1.82) is 0 Å². The van der Waals surface area contributed by atoms with E-state index in [1.54, 1.807) is 0 Å². The minimum atomic E-state index is -0.490. The number of ketones is 1. The zero-order valence-corrected chi connectivity index (χ0v) is 12.5. The zero-order valence-electron chi connectivity index (χ0n) is 12.5. The molecule has 3 rings (SSSR count). The highest BCUT2D eigenvalue weighted by Crippen LogP contribution is 2.28. The van der Waals surface area contributed by atoms with Gasteiger partial charge in [0.25, 0.3) is 0 Å². The molecule has 4 heteroatoms. The second-order valence-electron chi connectivity index (χ2n) is 5.75. The van der Waals surface area contributed by atoms with E-state index < -0.39 is 5.82 Å². The highest BCUT2D eigenvalue weighted by atomic mass is 19.1. The average molecular weight is 299 g/mol. The first kappa shape index (κ1) is 14.7. The summed E-state index contributed by atoms with van der Waals surface area (Å²) in [4.78, 5) is 13.6. The van der Waals surface area contributed by atoms with Crippen molar-refractivity contribution in [3.8, 4) is 5.75 Å². The summed E-state index contributed by atoms with van der Waals surface area (Å²) in [6.07, 6.45) is 0.936. The molecular weight excluding hydrogens is 281 g/mol. The molecule has 2 aromatic rings. The summed E-state index contributed by atoms with van der Waals surface area (Å²) in [5.74, 6) is -0.926. The van der Waals surface area contributed by atoms with Crippen molar-refractivity contribution in [2.75, 3.05) is 6.54 Å². The van der Waals surface area contributed by atoms with Gasteiger partial charge in [0, 0.05) is 25.2 Å². The van der Waals surface area contributed by atoms with Gasteiger partial charge in [-0.2, -0.15) is 0 Å². The van der Waals surface area contributed by atoms with E-state index in [1.807, 2.05) is 12.1 Å². The Kier molecular flexibility index (Phi) is 3.94. The molecule has 2 aromatic carbocycles. The lowest BCUT2D eigenvalue weighted by Crippen LogP contribution is -2.30. The van der Waals surface area contributed by atoms with Gasteiger partial charge in [-0.25, -0.2) is 4.39 Å². The molecule has 1 aliphatic rings. The third-order valence-electron chi connectivity index (χ3n) is 4.14. The number of carbonyl (C=O) groups excluding carboxylic acids is 1. The predicted molar refractivity (Wildman–Crippen MR) is 82.3 cm³/mol. The third kappa shape index (κ3) is 2.88. The maximum atomic E-state index is 13.7. The molecular formula is C18H18FNO2. The Labute approximate surface area is 129 Å². The normalized spacial score (nSPS) is 14.6. The Balaban J connectivity index is 1.84. The van der Waals surface area contributed by atoms with Crippen molar-refractivity contribution >= 4 is 5.78 Å². The van der Waals surface area contributed by atoms with Gasteiger partial charge in [-0.3, -0.25) is 9.69 Å². The smallest absolute Gasteiger partial charge is 0.163 e. The van der Waals surface area contributed by atoms with Crippen molar-refractivity contribution in [2.45, 2.75) is 26.4 Å². The molecule has 1 heterocycles. The lowest BCUT2D eigenvalue weighted by molar-refractivity contribution is 0.101. The molecule has 1 aliphatic heterocycles. The number of fused-ring (bicyclic) bond motifs is 1. The number of halogens is 1. The van der Waals surface area contributed by atoms with Crippen molar-refractivity contribution in [3.63, 3.8) is 0 Å². The summed E-state index contributed by atoms with van der Waals surface area (Å²) in [6, 6.07) is 10.7. The van der Waals surface area contributed by atoms with Gasteiger partial charge >= 0.3 is 0 Å². The molecule has 22 heavy (non-hydrogen) atoms. The summed E-state index contributed by atoms with van der Waals surface area (Å²) in [5, 5.41) is 10.2. The maximum absolute atomic E-state index is 13.7. The van der Waals surface area contributed by atoms with E-state index in [1.165, 1.54) is 24.1 Å². The second kappa shape index (κ2) is 5.89. The molecule has 1 N–H and O–H groups in total. The Morgan fingerprint density at radius 1 is 1.27 bits per heavy atom. The Morgan fingerprint density at radius 3 is 2.73 bits per heavy atom. The number of carbonyl (C=O) groups is 1. The van der Waals surface area contributed by atoms with E-state index >= 15 is 0 Å². The van der Waals surface area contributed by atoms with Gasteiger partial charge in [-0.1, -0.05) is 24.3 Å². The number of phenolic OH excluding ortho intramolecular Hbond substituents is 1. The van der Waals surface area contributed by atoms with Crippen molar-refractivity contribution in [1.82, 2.24) is 4.90 Å². The second-order valence-corrected chi connectivity index (χ2v) is 5.75. The molecule has 0 fully saturated rings. The lowest BCUT2D eigenvalue weighted by atomic mass is 9.99. The van der Waals surface area contributed by atoms with Crippen LogP contribution in [-0.4, -0.2) is 22.3 Å². The van der Waals surface area contributed by atoms with E-state index in [9.17, 15) is 14.3 Å². The summed E-state index contributed by atoms with van der Waals surface area (Å²) in [5.41, 5.74) is 3.11. The van der Waals surface area contributed by atoms with Crippen LogP contribution in [0.25, 0.3) is 0 Å². The Bertz CT molecular complexity index is 727. The number of nitrogens with zero attached hydrogens (tertiary/aromatic N) is 1. The van der Waals surface area contributed by atoms with Gasteiger partial charge in [0.05, 0.1) is 5.56 Å². The number of benzene rings is 2. The molecule has 0 amide bonds. The van der Waals surface area contributed by atoms with Crippen LogP contribution in [-0.2, 0) is 19.5 Å². The quantitative estimate of drug-likeness (QED) is 0.884.